The van der Waals surface area contributed by atoms with Crippen LogP contribution in [0.25, 0.3) is 0 Å². The van der Waals surface area contributed by atoms with Crippen molar-refractivity contribution >= 4 is 11.7 Å². The Morgan fingerprint density at radius 2 is 1.96 bits per heavy atom. The average Bonchev–Trinajstić information content (AvgIpc) is 3.07. The molecular formula is C17H23N5O2. The van der Waals surface area contributed by atoms with Crippen molar-refractivity contribution in [2.45, 2.75) is 57.4 Å². The molecule has 1 unspecified atom stereocenters. The first-order valence-electron chi connectivity index (χ1n) is 8.69. The number of rotatable bonds is 2. The highest BCUT2D eigenvalue weighted by atomic mass is 16.2. The molecule has 7 nitrogen and oxygen atoms in total. The highest BCUT2D eigenvalue weighted by Gasteiger charge is 2.35. The first kappa shape index (κ1) is 15.2. The Morgan fingerprint density at radius 3 is 2.62 bits per heavy atom. The van der Waals surface area contributed by atoms with Crippen molar-refractivity contribution in [3.05, 3.63) is 33.4 Å². The van der Waals surface area contributed by atoms with Gasteiger partial charge in [0.25, 0.3) is 5.56 Å². The molecule has 7 heteroatoms. The molecule has 0 bridgehead atoms. The predicted molar refractivity (Wildman–Crippen MR) is 90.2 cm³/mol. The van der Waals surface area contributed by atoms with Crippen molar-refractivity contribution in [2.75, 3.05) is 5.32 Å². The Balaban J connectivity index is 1.82. The SMILES string of the molecule is Cc1nn(C)cc1C1CC(=O)Nc2c1c(=O)[nH]n2C1CCCCC1. The van der Waals surface area contributed by atoms with Gasteiger partial charge in [-0.25, -0.2) is 0 Å². The van der Waals surface area contributed by atoms with Crippen LogP contribution in [-0.4, -0.2) is 25.5 Å². The number of hydrogen-bond acceptors (Lipinski definition) is 3. The number of nitrogens with zero attached hydrogens (tertiary/aromatic N) is 3. The Hall–Kier alpha value is -2.31. The summed E-state index contributed by atoms with van der Waals surface area (Å²) in [6.07, 6.45) is 7.87. The normalized spacial score (nSPS) is 21.6. The second-order valence-electron chi connectivity index (χ2n) is 7.01. The van der Waals surface area contributed by atoms with Crippen LogP contribution in [-0.2, 0) is 11.8 Å². The smallest absolute Gasteiger partial charge is 0.270 e. The molecule has 2 aliphatic rings. The van der Waals surface area contributed by atoms with Crippen molar-refractivity contribution in [1.82, 2.24) is 19.6 Å². The molecule has 0 radical (unpaired) electrons. The summed E-state index contributed by atoms with van der Waals surface area (Å²) in [4.78, 5) is 25.0. The molecule has 1 atom stereocenters. The molecule has 2 N–H and O–H groups in total. The zero-order chi connectivity index (χ0) is 16.8. The van der Waals surface area contributed by atoms with Gasteiger partial charge in [0.05, 0.1) is 17.3 Å². The number of carbonyl (C=O) groups excluding carboxylic acids is 1. The van der Waals surface area contributed by atoms with E-state index >= 15 is 0 Å². The summed E-state index contributed by atoms with van der Waals surface area (Å²) < 4.78 is 3.65. The van der Waals surface area contributed by atoms with Gasteiger partial charge in [-0.1, -0.05) is 19.3 Å². The van der Waals surface area contributed by atoms with E-state index in [1.807, 2.05) is 24.9 Å². The van der Waals surface area contributed by atoms with E-state index in [2.05, 4.69) is 15.5 Å². The quantitative estimate of drug-likeness (QED) is 0.886. The number of carbonyl (C=O) groups is 1. The Kier molecular flexibility index (Phi) is 3.58. The summed E-state index contributed by atoms with van der Waals surface area (Å²) in [5, 5.41) is 10.3. The van der Waals surface area contributed by atoms with Gasteiger partial charge in [0, 0.05) is 31.1 Å². The van der Waals surface area contributed by atoms with E-state index in [1.165, 1.54) is 19.3 Å². The number of aromatic nitrogens is 4. The van der Waals surface area contributed by atoms with Gasteiger partial charge in [-0.15, -0.1) is 0 Å². The molecular weight excluding hydrogens is 306 g/mol. The van der Waals surface area contributed by atoms with E-state index in [1.54, 1.807) is 4.68 Å². The number of hydrogen-bond donors (Lipinski definition) is 2. The van der Waals surface area contributed by atoms with Gasteiger partial charge in [0.2, 0.25) is 5.91 Å². The molecule has 2 aromatic heterocycles. The first-order chi connectivity index (χ1) is 11.5. The summed E-state index contributed by atoms with van der Waals surface area (Å²) in [6, 6.07) is 0.268. The van der Waals surface area contributed by atoms with Gasteiger partial charge in [-0.3, -0.25) is 24.1 Å². The van der Waals surface area contributed by atoms with Gasteiger partial charge in [-0.05, 0) is 19.8 Å². The molecule has 4 rings (SSSR count). The molecule has 24 heavy (non-hydrogen) atoms. The zero-order valence-corrected chi connectivity index (χ0v) is 14.1. The van der Waals surface area contributed by atoms with Crippen LogP contribution in [0.15, 0.2) is 11.0 Å². The lowest BCUT2D eigenvalue weighted by Gasteiger charge is -2.27. The molecule has 0 aromatic carbocycles. The topological polar surface area (TPSA) is 84.7 Å². The maximum absolute atomic E-state index is 12.7. The molecule has 128 valence electrons. The Labute approximate surface area is 140 Å². The molecule has 1 fully saturated rings. The summed E-state index contributed by atoms with van der Waals surface area (Å²) in [5.74, 6) is 0.395. The van der Waals surface area contributed by atoms with Gasteiger partial charge in [0.15, 0.2) is 0 Å². The number of aryl methyl sites for hydroxylation is 2. The monoisotopic (exact) mass is 329 g/mol. The zero-order valence-electron chi connectivity index (χ0n) is 14.1. The number of H-pyrrole nitrogens is 1. The highest BCUT2D eigenvalue weighted by molar-refractivity contribution is 5.94. The third-order valence-electron chi connectivity index (χ3n) is 5.33. The van der Waals surface area contributed by atoms with Crippen LogP contribution < -0.4 is 10.9 Å². The lowest BCUT2D eigenvalue weighted by Crippen LogP contribution is -2.28. The van der Waals surface area contributed by atoms with Crippen molar-refractivity contribution < 1.29 is 4.79 Å². The maximum atomic E-state index is 12.7. The Bertz CT molecular complexity index is 838. The van der Waals surface area contributed by atoms with Crippen LogP contribution in [0.1, 0.15) is 67.3 Å². The van der Waals surface area contributed by atoms with Crippen LogP contribution in [0, 0.1) is 6.92 Å². The average molecular weight is 329 g/mol. The van der Waals surface area contributed by atoms with Gasteiger partial charge in [-0.2, -0.15) is 5.10 Å². The van der Waals surface area contributed by atoms with Crippen molar-refractivity contribution in [3.8, 4) is 0 Å². The van der Waals surface area contributed by atoms with Crippen LogP contribution in [0.4, 0.5) is 5.82 Å². The van der Waals surface area contributed by atoms with E-state index in [9.17, 15) is 9.59 Å². The van der Waals surface area contributed by atoms with Crippen molar-refractivity contribution in [2.24, 2.45) is 7.05 Å². The minimum atomic E-state index is -0.226. The largest absolute Gasteiger partial charge is 0.311 e. The Morgan fingerprint density at radius 1 is 1.21 bits per heavy atom. The van der Waals surface area contributed by atoms with E-state index in [0.717, 1.165) is 24.1 Å². The molecule has 1 aliphatic carbocycles. The summed E-state index contributed by atoms with van der Waals surface area (Å²) >= 11 is 0. The van der Waals surface area contributed by atoms with Gasteiger partial charge in [0.1, 0.15) is 5.82 Å². The van der Waals surface area contributed by atoms with Crippen LogP contribution in [0.2, 0.25) is 0 Å². The summed E-state index contributed by atoms with van der Waals surface area (Å²) in [5.41, 5.74) is 2.41. The number of aromatic amines is 1. The van der Waals surface area contributed by atoms with Gasteiger partial charge >= 0.3 is 0 Å². The fraction of sp³-hybridized carbons (Fsp3) is 0.588. The molecule has 0 saturated heterocycles. The second-order valence-corrected chi connectivity index (χ2v) is 7.01. The third-order valence-corrected chi connectivity index (χ3v) is 5.33. The molecule has 1 amide bonds. The number of amides is 1. The molecule has 1 aliphatic heterocycles. The second kappa shape index (κ2) is 5.65. The van der Waals surface area contributed by atoms with Crippen LogP contribution in [0.5, 0.6) is 0 Å². The van der Waals surface area contributed by atoms with Crippen LogP contribution in [0.3, 0.4) is 0 Å². The molecule has 2 aromatic rings. The fourth-order valence-electron chi connectivity index (χ4n) is 4.22. The van der Waals surface area contributed by atoms with E-state index in [4.69, 9.17) is 0 Å². The fourth-order valence-corrected chi connectivity index (χ4v) is 4.22. The van der Waals surface area contributed by atoms with Gasteiger partial charge < -0.3 is 5.32 Å². The number of anilines is 1. The molecule has 3 heterocycles. The van der Waals surface area contributed by atoms with Crippen molar-refractivity contribution in [1.29, 1.82) is 0 Å². The predicted octanol–water partition coefficient (Wildman–Crippen LogP) is 2.20. The minimum absolute atomic E-state index is 0.0423. The third kappa shape index (κ3) is 2.39. The summed E-state index contributed by atoms with van der Waals surface area (Å²) in [6.45, 7) is 1.92. The van der Waals surface area contributed by atoms with E-state index in [-0.39, 0.29) is 29.8 Å². The molecule has 1 saturated carbocycles. The minimum Gasteiger partial charge on any atom is -0.311 e. The maximum Gasteiger partial charge on any atom is 0.270 e. The molecule has 0 spiro atoms. The summed E-state index contributed by atoms with van der Waals surface area (Å²) in [7, 11) is 1.86. The highest BCUT2D eigenvalue weighted by Crippen LogP contribution is 2.39. The van der Waals surface area contributed by atoms with E-state index < -0.39 is 0 Å². The first-order valence-corrected chi connectivity index (χ1v) is 8.69. The standard InChI is InChI=1S/C17H23N5O2/c1-10-13(9-21(2)19-10)12-8-14(23)18-16-15(12)17(24)20-22(16)11-6-4-3-5-7-11/h9,11-12H,3-8H2,1-2H3,(H,18,23)(H,20,24). The van der Waals surface area contributed by atoms with Crippen LogP contribution >= 0.6 is 0 Å². The van der Waals surface area contributed by atoms with E-state index in [0.29, 0.717) is 11.4 Å². The lowest BCUT2D eigenvalue weighted by molar-refractivity contribution is -0.116. The van der Waals surface area contributed by atoms with Crippen molar-refractivity contribution in [3.63, 3.8) is 0 Å². The number of fused-ring (bicyclic) bond motifs is 1. The number of nitrogens with one attached hydrogen (secondary N) is 2. The lowest BCUT2D eigenvalue weighted by atomic mass is 9.87.